The predicted molar refractivity (Wildman–Crippen MR) is 105 cm³/mol. The third-order valence-electron chi connectivity index (χ3n) is 4.68. The van der Waals surface area contributed by atoms with Crippen molar-refractivity contribution in [3.63, 3.8) is 0 Å². The Kier molecular flexibility index (Phi) is 6.55. The summed E-state index contributed by atoms with van der Waals surface area (Å²) in [5.41, 5.74) is 2.85. The van der Waals surface area contributed by atoms with Crippen molar-refractivity contribution in [2.24, 2.45) is 0 Å². The summed E-state index contributed by atoms with van der Waals surface area (Å²) in [6.07, 6.45) is 0. The van der Waals surface area contributed by atoms with E-state index in [1.54, 1.807) is 24.1 Å². The molecule has 0 aliphatic carbocycles. The van der Waals surface area contributed by atoms with E-state index in [1.165, 1.54) is 12.1 Å². The molecule has 2 aromatic rings. The van der Waals surface area contributed by atoms with Crippen molar-refractivity contribution in [1.29, 1.82) is 0 Å². The summed E-state index contributed by atoms with van der Waals surface area (Å²) in [6.45, 7) is 7.89. The van der Waals surface area contributed by atoms with Crippen molar-refractivity contribution in [2.75, 3.05) is 13.7 Å². The molecular formula is C21H26N2O4. The molecule has 0 aromatic heterocycles. The first-order chi connectivity index (χ1) is 12.7. The minimum atomic E-state index is -0.438. The van der Waals surface area contributed by atoms with Gasteiger partial charge in [0.25, 0.3) is 11.6 Å². The smallest absolute Gasteiger partial charge is 0.269 e. The largest absolute Gasteiger partial charge is 0.483 e. The summed E-state index contributed by atoms with van der Waals surface area (Å²) in [4.78, 5) is 24.6. The minimum absolute atomic E-state index is 0.0118. The lowest BCUT2D eigenvalue weighted by molar-refractivity contribution is -0.384. The predicted octanol–water partition coefficient (Wildman–Crippen LogP) is 4.63. The number of non-ortho nitro benzene ring substituents is 1. The van der Waals surface area contributed by atoms with Gasteiger partial charge in [-0.05, 0) is 42.5 Å². The molecule has 0 radical (unpaired) electrons. The number of ether oxygens (including phenoxy) is 1. The molecule has 0 fully saturated rings. The maximum atomic E-state index is 12.6. The Hall–Kier alpha value is -2.89. The molecule has 144 valence electrons. The minimum Gasteiger partial charge on any atom is -0.483 e. The van der Waals surface area contributed by atoms with E-state index in [4.69, 9.17) is 4.74 Å². The summed E-state index contributed by atoms with van der Waals surface area (Å²) >= 11 is 0. The van der Waals surface area contributed by atoms with Gasteiger partial charge in [0.2, 0.25) is 0 Å². The third kappa shape index (κ3) is 5.06. The van der Waals surface area contributed by atoms with Gasteiger partial charge in [0.15, 0.2) is 6.61 Å². The zero-order valence-electron chi connectivity index (χ0n) is 16.4. The molecule has 0 heterocycles. The van der Waals surface area contributed by atoms with E-state index in [0.29, 0.717) is 5.56 Å². The van der Waals surface area contributed by atoms with E-state index in [-0.39, 0.29) is 30.2 Å². The van der Waals surface area contributed by atoms with Crippen LogP contribution in [0.15, 0.2) is 42.5 Å². The van der Waals surface area contributed by atoms with Gasteiger partial charge in [-0.2, -0.15) is 0 Å². The number of hydrogen-bond donors (Lipinski definition) is 0. The Morgan fingerprint density at radius 2 is 1.89 bits per heavy atom. The Morgan fingerprint density at radius 1 is 1.19 bits per heavy atom. The van der Waals surface area contributed by atoms with Crippen molar-refractivity contribution < 1.29 is 14.5 Å². The van der Waals surface area contributed by atoms with Crippen molar-refractivity contribution >= 4 is 11.6 Å². The second kappa shape index (κ2) is 8.66. The SMILES string of the molecule is Cc1ccc(C(C)C)c(OCC(=O)N(C)C(C)c2cccc([N+](=O)[O-])c2)c1. The number of aryl methyl sites for hydroxylation is 1. The lowest BCUT2D eigenvalue weighted by Crippen LogP contribution is -2.33. The molecule has 6 heteroatoms. The highest BCUT2D eigenvalue weighted by atomic mass is 16.6. The molecule has 1 atom stereocenters. The average molecular weight is 370 g/mol. The van der Waals surface area contributed by atoms with E-state index in [2.05, 4.69) is 13.8 Å². The van der Waals surface area contributed by atoms with Crippen LogP contribution >= 0.6 is 0 Å². The first kappa shape index (κ1) is 20.4. The molecule has 0 saturated heterocycles. The Morgan fingerprint density at radius 3 is 2.52 bits per heavy atom. The van der Waals surface area contributed by atoms with Crippen LogP contribution < -0.4 is 4.74 Å². The van der Waals surface area contributed by atoms with Gasteiger partial charge >= 0.3 is 0 Å². The molecule has 27 heavy (non-hydrogen) atoms. The third-order valence-corrected chi connectivity index (χ3v) is 4.68. The van der Waals surface area contributed by atoms with E-state index < -0.39 is 4.92 Å². The van der Waals surface area contributed by atoms with Gasteiger partial charge in [-0.1, -0.05) is 38.1 Å². The van der Waals surface area contributed by atoms with Gasteiger partial charge in [0.05, 0.1) is 11.0 Å². The Labute approximate surface area is 159 Å². The number of carbonyl (C=O) groups is 1. The molecule has 0 spiro atoms. The number of amides is 1. The number of carbonyl (C=O) groups excluding carboxylic acids is 1. The normalized spacial score (nSPS) is 11.9. The number of nitro benzene ring substituents is 1. The van der Waals surface area contributed by atoms with E-state index in [0.717, 1.165) is 16.9 Å². The topological polar surface area (TPSA) is 72.7 Å². The van der Waals surface area contributed by atoms with Crippen molar-refractivity contribution in [1.82, 2.24) is 4.90 Å². The Bertz CT molecular complexity index is 833. The van der Waals surface area contributed by atoms with Crippen molar-refractivity contribution in [3.8, 4) is 5.75 Å². The van der Waals surface area contributed by atoms with E-state index in [9.17, 15) is 14.9 Å². The summed E-state index contributed by atoms with van der Waals surface area (Å²) in [5, 5.41) is 11.0. The summed E-state index contributed by atoms with van der Waals surface area (Å²) in [6, 6.07) is 12.0. The number of hydrogen-bond acceptors (Lipinski definition) is 4. The second-order valence-electron chi connectivity index (χ2n) is 7.02. The monoisotopic (exact) mass is 370 g/mol. The summed E-state index contributed by atoms with van der Waals surface area (Å²) in [7, 11) is 1.68. The molecule has 2 rings (SSSR count). The van der Waals surface area contributed by atoms with E-state index in [1.807, 2.05) is 32.0 Å². The highest BCUT2D eigenvalue weighted by Crippen LogP contribution is 2.28. The zero-order chi connectivity index (χ0) is 20.1. The molecule has 6 nitrogen and oxygen atoms in total. The van der Waals surface area contributed by atoms with Gasteiger partial charge in [0, 0.05) is 19.2 Å². The first-order valence-electron chi connectivity index (χ1n) is 8.94. The fraction of sp³-hybridized carbons (Fsp3) is 0.381. The summed E-state index contributed by atoms with van der Waals surface area (Å²) < 4.78 is 5.81. The van der Waals surface area contributed by atoms with Crippen molar-refractivity contribution in [3.05, 3.63) is 69.3 Å². The highest BCUT2D eigenvalue weighted by molar-refractivity contribution is 5.78. The zero-order valence-corrected chi connectivity index (χ0v) is 16.4. The van der Waals surface area contributed by atoms with Crippen LogP contribution in [0.2, 0.25) is 0 Å². The molecule has 1 amide bonds. The lowest BCUT2D eigenvalue weighted by atomic mass is 10.0. The van der Waals surface area contributed by atoms with Crippen LogP contribution in [0.3, 0.4) is 0 Å². The number of likely N-dealkylation sites (N-methyl/N-ethyl adjacent to an activating group) is 1. The first-order valence-corrected chi connectivity index (χ1v) is 8.94. The molecule has 0 saturated carbocycles. The van der Waals surface area contributed by atoms with Crippen LogP contribution in [-0.2, 0) is 4.79 Å². The molecule has 1 unspecified atom stereocenters. The van der Waals surface area contributed by atoms with Crippen LogP contribution in [0.5, 0.6) is 5.75 Å². The van der Waals surface area contributed by atoms with Crippen LogP contribution in [0.1, 0.15) is 49.4 Å². The lowest BCUT2D eigenvalue weighted by Gasteiger charge is -2.25. The molecule has 0 aliphatic heterocycles. The molecule has 0 N–H and O–H groups in total. The van der Waals surface area contributed by atoms with Gasteiger partial charge in [-0.25, -0.2) is 0 Å². The Balaban J connectivity index is 2.09. The quantitative estimate of drug-likeness (QED) is 0.526. The number of nitro groups is 1. The van der Waals surface area contributed by atoms with Crippen molar-refractivity contribution in [2.45, 2.75) is 39.7 Å². The summed E-state index contributed by atoms with van der Waals surface area (Å²) in [5.74, 6) is 0.817. The highest BCUT2D eigenvalue weighted by Gasteiger charge is 2.20. The average Bonchev–Trinajstić information content (AvgIpc) is 2.64. The number of rotatable bonds is 7. The number of nitrogens with zero attached hydrogens (tertiary/aromatic N) is 2. The van der Waals surface area contributed by atoms with Crippen LogP contribution in [0, 0.1) is 17.0 Å². The van der Waals surface area contributed by atoms with Crippen LogP contribution in [-0.4, -0.2) is 29.4 Å². The molecule has 0 aliphatic rings. The van der Waals surface area contributed by atoms with Gasteiger partial charge in [-0.3, -0.25) is 14.9 Å². The van der Waals surface area contributed by atoms with Gasteiger partial charge in [0.1, 0.15) is 5.75 Å². The second-order valence-corrected chi connectivity index (χ2v) is 7.02. The van der Waals surface area contributed by atoms with E-state index >= 15 is 0 Å². The molecular weight excluding hydrogens is 344 g/mol. The fourth-order valence-electron chi connectivity index (χ4n) is 2.82. The molecule has 0 bridgehead atoms. The maximum Gasteiger partial charge on any atom is 0.269 e. The van der Waals surface area contributed by atoms with Gasteiger partial charge < -0.3 is 9.64 Å². The van der Waals surface area contributed by atoms with Crippen LogP contribution in [0.4, 0.5) is 5.69 Å². The maximum absolute atomic E-state index is 12.6. The molecule has 2 aromatic carbocycles. The number of benzene rings is 2. The fourth-order valence-corrected chi connectivity index (χ4v) is 2.82. The van der Waals surface area contributed by atoms with Gasteiger partial charge in [-0.15, -0.1) is 0 Å². The standard InChI is InChI=1S/C21H26N2O4/c1-14(2)19-10-9-15(3)11-20(19)27-13-21(24)22(5)16(4)17-7-6-8-18(12-17)23(25)26/h6-12,14,16H,13H2,1-5H3. The van der Waals surface area contributed by atoms with Crippen LogP contribution in [0.25, 0.3) is 0 Å².